The predicted molar refractivity (Wildman–Crippen MR) is 118 cm³/mol. The molecular formula is C22H23N3O4S. The summed E-state index contributed by atoms with van der Waals surface area (Å²) in [6, 6.07) is 7.23. The predicted octanol–water partition coefficient (Wildman–Crippen LogP) is 3.62. The number of esters is 1. The Morgan fingerprint density at radius 1 is 1.27 bits per heavy atom. The molecule has 1 aromatic heterocycles. The summed E-state index contributed by atoms with van der Waals surface area (Å²) in [6.07, 6.45) is 3.23. The average Bonchev–Trinajstić information content (AvgIpc) is 2.75. The van der Waals surface area contributed by atoms with E-state index in [1.165, 1.54) is 17.8 Å². The van der Waals surface area contributed by atoms with E-state index in [0.717, 1.165) is 5.56 Å². The Labute approximate surface area is 178 Å². The third-order valence-electron chi connectivity index (χ3n) is 4.56. The van der Waals surface area contributed by atoms with Crippen molar-refractivity contribution in [1.29, 1.82) is 0 Å². The van der Waals surface area contributed by atoms with Crippen LogP contribution in [0.25, 0.3) is 0 Å². The van der Waals surface area contributed by atoms with E-state index in [2.05, 4.69) is 28.4 Å². The second kappa shape index (κ2) is 9.49. The van der Waals surface area contributed by atoms with Gasteiger partial charge in [-0.15, -0.1) is 6.58 Å². The third kappa shape index (κ3) is 4.33. The van der Waals surface area contributed by atoms with Crippen LogP contribution < -0.4 is 15.6 Å². The summed E-state index contributed by atoms with van der Waals surface area (Å²) in [5, 5.41) is 3.58. The minimum atomic E-state index is -0.640. The fourth-order valence-corrected chi connectivity index (χ4v) is 3.85. The van der Waals surface area contributed by atoms with Crippen molar-refractivity contribution in [3.63, 3.8) is 0 Å². The molecule has 1 aliphatic heterocycles. The molecule has 0 bridgehead atoms. The Kier molecular flexibility index (Phi) is 6.79. The Morgan fingerprint density at radius 3 is 2.63 bits per heavy atom. The first-order valence-corrected chi connectivity index (χ1v) is 10.3. The molecular weight excluding hydrogens is 402 g/mol. The summed E-state index contributed by atoms with van der Waals surface area (Å²) in [4.78, 5) is 33.3. The van der Waals surface area contributed by atoms with E-state index >= 15 is 0 Å². The molecule has 0 aliphatic carbocycles. The maximum absolute atomic E-state index is 13.1. The van der Waals surface area contributed by atoms with Crippen molar-refractivity contribution in [2.45, 2.75) is 18.0 Å². The molecule has 0 radical (unpaired) electrons. The first-order valence-electron chi connectivity index (χ1n) is 9.27. The van der Waals surface area contributed by atoms with Crippen LogP contribution in [0.5, 0.6) is 5.75 Å². The smallest absolute Gasteiger partial charge is 0.337 e. The van der Waals surface area contributed by atoms with Gasteiger partial charge in [-0.3, -0.25) is 4.79 Å². The highest BCUT2D eigenvalue weighted by atomic mass is 32.2. The third-order valence-corrected chi connectivity index (χ3v) is 5.43. The zero-order valence-corrected chi connectivity index (χ0v) is 17.7. The topological polar surface area (TPSA) is 93.3 Å². The molecule has 0 saturated carbocycles. The number of hydrogen-bond acceptors (Lipinski definition) is 7. The number of ether oxygens (including phenoxy) is 2. The fourth-order valence-electron chi connectivity index (χ4n) is 3.25. The van der Waals surface area contributed by atoms with E-state index in [9.17, 15) is 9.59 Å². The van der Waals surface area contributed by atoms with E-state index in [-0.39, 0.29) is 12.2 Å². The summed E-state index contributed by atoms with van der Waals surface area (Å²) in [5.74, 6) is 0.545. The second-order valence-corrected chi connectivity index (χ2v) is 7.50. The molecule has 1 aromatic carbocycles. The number of benzene rings is 1. The van der Waals surface area contributed by atoms with Gasteiger partial charge in [-0.25, -0.2) is 9.78 Å². The molecule has 2 heterocycles. The molecule has 0 unspecified atom stereocenters. The van der Waals surface area contributed by atoms with Gasteiger partial charge in [0.15, 0.2) is 5.16 Å². The second-order valence-electron chi connectivity index (χ2n) is 6.49. The number of fused-ring (bicyclic) bond motifs is 1. The number of nitrogens with zero attached hydrogens (tertiary/aromatic N) is 1. The van der Waals surface area contributed by atoms with Gasteiger partial charge in [0, 0.05) is 11.4 Å². The van der Waals surface area contributed by atoms with Gasteiger partial charge in [0.1, 0.15) is 18.2 Å². The quantitative estimate of drug-likeness (QED) is 0.289. The number of carbonyl (C=O) groups excluding carboxylic acids is 1. The van der Waals surface area contributed by atoms with Crippen LogP contribution in [0.15, 0.2) is 70.8 Å². The molecule has 2 aromatic rings. The molecule has 30 heavy (non-hydrogen) atoms. The summed E-state index contributed by atoms with van der Waals surface area (Å²) < 4.78 is 10.5. The first-order chi connectivity index (χ1) is 14.5. The van der Waals surface area contributed by atoms with Gasteiger partial charge < -0.3 is 19.8 Å². The zero-order valence-electron chi connectivity index (χ0n) is 16.9. The van der Waals surface area contributed by atoms with Crippen LogP contribution in [0.1, 0.15) is 24.0 Å². The number of nitrogens with one attached hydrogen (secondary N) is 2. The van der Waals surface area contributed by atoms with Crippen LogP contribution in [0, 0.1) is 0 Å². The van der Waals surface area contributed by atoms with Crippen molar-refractivity contribution in [1.82, 2.24) is 9.97 Å². The monoisotopic (exact) mass is 425 g/mol. The lowest BCUT2D eigenvalue weighted by Crippen LogP contribution is -2.31. The number of aromatic nitrogens is 2. The van der Waals surface area contributed by atoms with Crippen LogP contribution in [0.2, 0.25) is 0 Å². The van der Waals surface area contributed by atoms with Crippen LogP contribution >= 0.6 is 11.8 Å². The molecule has 156 valence electrons. The lowest BCUT2D eigenvalue weighted by atomic mass is 9.82. The minimum Gasteiger partial charge on any atom is -0.497 e. The van der Waals surface area contributed by atoms with Crippen molar-refractivity contribution in [3.8, 4) is 5.75 Å². The van der Waals surface area contributed by atoms with Gasteiger partial charge in [0.2, 0.25) is 0 Å². The number of carbonyl (C=O) groups is 1. The molecule has 0 saturated heterocycles. The van der Waals surface area contributed by atoms with Crippen molar-refractivity contribution in [2.75, 3.05) is 24.8 Å². The number of thioether (sulfide) groups is 1. The largest absolute Gasteiger partial charge is 0.497 e. The van der Waals surface area contributed by atoms with Crippen molar-refractivity contribution in [3.05, 3.63) is 82.3 Å². The summed E-state index contributed by atoms with van der Waals surface area (Å²) in [5.41, 5.74) is 1.73. The van der Waals surface area contributed by atoms with Crippen LogP contribution in [0.4, 0.5) is 5.82 Å². The zero-order chi connectivity index (χ0) is 21.7. The first kappa shape index (κ1) is 21.4. The molecule has 8 heteroatoms. The molecule has 3 rings (SSSR count). The highest BCUT2D eigenvalue weighted by Crippen LogP contribution is 2.40. The maximum Gasteiger partial charge on any atom is 0.337 e. The highest BCUT2D eigenvalue weighted by Gasteiger charge is 2.36. The molecule has 2 N–H and O–H groups in total. The van der Waals surface area contributed by atoms with Gasteiger partial charge in [-0.05, 0) is 24.6 Å². The summed E-state index contributed by atoms with van der Waals surface area (Å²) >= 11 is 1.37. The number of rotatable bonds is 8. The van der Waals surface area contributed by atoms with Crippen LogP contribution in [-0.4, -0.2) is 35.4 Å². The highest BCUT2D eigenvalue weighted by molar-refractivity contribution is 7.99. The Morgan fingerprint density at radius 2 is 2.00 bits per heavy atom. The van der Waals surface area contributed by atoms with Gasteiger partial charge in [-0.2, -0.15) is 0 Å². The van der Waals surface area contributed by atoms with Gasteiger partial charge >= 0.3 is 5.97 Å². The normalized spacial score (nSPS) is 15.1. The molecule has 7 nitrogen and oxygen atoms in total. The Bertz CT molecular complexity index is 1060. The number of allylic oxidation sites excluding steroid dienone is 1. The van der Waals surface area contributed by atoms with Gasteiger partial charge in [0.05, 0.1) is 24.2 Å². The van der Waals surface area contributed by atoms with Crippen LogP contribution in [-0.2, 0) is 9.53 Å². The van der Waals surface area contributed by atoms with Crippen molar-refractivity contribution < 1.29 is 14.3 Å². The number of aromatic amines is 1. The number of H-pyrrole nitrogens is 1. The standard InChI is InChI=1S/C22H23N3O4S/c1-5-11-29-21(27)16-13(3)23-19-18(20(26)25-22(24-19)30-12-6-2)17(16)14-7-9-15(28-4)10-8-14/h5-10,17H,1-2,11-12H2,3-4H3,(H2,23,24,25,26)/t17-/m1/s1. The van der Waals surface area contributed by atoms with Gasteiger partial charge in [-0.1, -0.05) is 42.6 Å². The fraction of sp³-hybridized carbons (Fsp3) is 0.227. The number of hydrogen-bond donors (Lipinski definition) is 2. The van der Waals surface area contributed by atoms with E-state index in [1.54, 1.807) is 32.2 Å². The lowest BCUT2D eigenvalue weighted by Gasteiger charge is -2.28. The minimum absolute atomic E-state index is 0.0730. The summed E-state index contributed by atoms with van der Waals surface area (Å²) in [7, 11) is 1.58. The molecule has 1 atom stereocenters. The molecule has 0 amide bonds. The van der Waals surface area contributed by atoms with Gasteiger partial charge in [0.25, 0.3) is 5.56 Å². The Hall–Kier alpha value is -3.26. The average molecular weight is 426 g/mol. The molecule has 0 fully saturated rings. The van der Waals surface area contributed by atoms with E-state index in [0.29, 0.717) is 39.3 Å². The van der Waals surface area contributed by atoms with Crippen molar-refractivity contribution in [2.24, 2.45) is 0 Å². The molecule has 1 aliphatic rings. The summed E-state index contributed by atoms with van der Waals surface area (Å²) in [6.45, 7) is 9.11. The maximum atomic E-state index is 13.1. The lowest BCUT2D eigenvalue weighted by molar-refractivity contribution is -0.138. The van der Waals surface area contributed by atoms with E-state index in [4.69, 9.17) is 9.47 Å². The van der Waals surface area contributed by atoms with E-state index < -0.39 is 11.9 Å². The number of methoxy groups -OCH3 is 1. The SMILES string of the molecule is C=CCOC(=O)C1=C(C)Nc2nc(SCC=C)[nH]c(=O)c2[C@@H]1c1ccc(OC)cc1. The Balaban J connectivity index is 2.16. The molecule has 0 spiro atoms. The van der Waals surface area contributed by atoms with Crippen LogP contribution in [0.3, 0.4) is 0 Å². The van der Waals surface area contributed by atoms with E-state index in [1.807, 2.05) is 12.1 Å². The van der Waals surface area contributed by atoms with Crippen molar-refractivity contribution >= 4 is 23.5 Å². The number of anilines is 1.